The fraction of sp³-hybridized carbons (Fsp3) is 0.333. The fourth-order valence-electron chi connectivity index (χ4n) is 1.04. The summed E-state index contributed by atoms with van der Waals surface area (Å²) in [5.74, 6) is 0. The van der Waals surface area contributed by atoms with Crippen molar-refractivity contribution >= 4 is 60.0 Å². The van der Waals surface area contributed by atoms with Crippen molar-refractivity contribution < 1.29 is 13.5 Å². The third-order valence-electron chi connectivity index (χ3n) is 2.00. The average molecular weight is 439 g/mol. The van der Waals surface area contributed by atoms with Crippen molar-refractivity contribution in [1.82, 2.24) is 0 Å². The van der Waals surface area contributed by atoms with Gasteiger partial charge in [-0.25, -0.2) is 8.42 Å². The summed E-state index contributed by atoms with van der Waals surface area (Å²) in [6.07, 6.45) is -0.285. The molecule has 0 spiro atoms. The molecule has 0 aromatic heterocycles. The molecule has 1 aromatic carbocycles. The standard InChI is InChI=1S/C9H9BrClIO3S/c1-16(14,15)9(11,12)8(13)6-2-4-7(10)5-3-6/h2-5,8,13H,1H3/t8-,9+/m1/s1. The molecule has 90 valence electrons. The molecule has 3 nitrogen and oxygen atoms in total. The van der Waals surface area contributed by atoms with E-state index in [1.807, 2.05) is 0 Å². The highest BCUT2D eigenvalue weighted by Gasteiger charge is 2.43. The van der Waals surface area contributed by atoms with E-state index in [4.69, 9.17) is 11.6 Å². The largest absolute Gasteiger partial charge is 0.385 e. The molecule has 0 bridgehead atoms. The Morgan fingerprint density at radius 3 is 2.25 bits per heavy atom. The maximum atomic E-state index is 11.4. The lowest BCUT2D eigenvalue weighted by atomic mass is 10.1. The highest BCUT2D eigenvalue weighted by molar-refractivity contribution is 14.1. The zero-order valence-corrected chi connectivity index (χ0v) is 13.5. The molecular weight excluding hydrogens is 430 g/mol. The molecule has 0 aliphatic carbocycles. The summed E-state index contributed by atoms with van der Waals surface area (Å²) >= 11 is 10.7. The van der Waals surface area contributed by atoms with E-state index >= 15 is 0 Å². The molecule has 0 aliphatic heterocycles. The highest BCUT2D eigenvalue weighted by Crippen LogP contribution is 2.42. The number of sulfone groups is 1. The minimum absolute atomic E-state index is 0.457. The van der Waals surface area contributed by atoms with Gasteiger partial charge in [0.15, 0.2) is 9.84 Å². The normalized spacial score (nSPS) is 17.8. The molecular formula is C9H9BrClIO3S. The Balaban J connectivity index is 3.12. The van der Waals surface area contributed by atoms with Crippen molar-refractivity contribution in [3.05, 3.63) is 34.3 Å². The van der Waals surface area contributed by atoms with E-state index in [2.05, 4.69) is 15.9 Å². The number of hydrogen-bond acceptors (Lipinski definition) is 3. The van der Waals surface area contributed by atoms with Crippen molar-refractivity contribution in [1.29, 1.82) is 0 Å². The number of benzene rings is 1. The molecule has 0 fully saturated rings. The molecule has 0 saturated heterocycles. The van der Waals surface area contributed by atoms with Gasteiger partial charge < -0.3 is 5.11 Å². The monoisotopic (exact) mass is 438 g/mol. The van der Waals surface area contributed by atoms with E-state index in [1.54, 1.807) is 24.3 Å². The van der Waals surface area contributed by atoms with E-state index in [-0.39, 0.29) is 0 Å². The predicted molar refractivity (Wildman–Crippen MR) is 76.5 cm³/mol. The fourth-order valence-corrected chi connectivity index (χ4v) is 2.33. The zero-order chi connectivity index (χ0) is 12.6. The lowest BCUT2D eigenvalue weighted by molar-refractivity contribution is 0.188. The van der Waals surface area contributed by atoms with Crippen LogP contribution in [0, 0.1) is 0 Å². The third kappa shape index (κ3) is 3.10. The zero-order valence-electron chi connectivity index (χ0n) is 8.19. The van der Waals surface area contributed by atoms with Crippen molar-refractivity contribution in [3.8, 4) is 0 Å². The van der Waals surface area contributed by atoms with Crippen molar-refractivity contribution in [2.24, 2.45) is 0 Å². The van der Waals surface area contributed by atoms with Gasteiger partial charge in [0.1, 0.15) is 6.10 Å². The van der Waals surface area contributed by atoms with Crippen LogP contribution in [-0.2, 0) is 9.84 Å². The lowest BCUT2D eigenvalue weighted by Gasteiger charge is -2.24. The first-order valence-electron chi connectivity index (χ1n) is 4.17. The molecule has 16 heavy (non-hydrogen) atoms. The first-order valence-corrected chi connectivity index (χ1v) is 8.31. The molecule has 1 aromatic rings. The number of alkyl halides is 2. The number of halogens is 3. The second-order valence-electron chi connectivity index (χ2n) is 3.29. The Hall–Kier alpha value is 0.630. The van der Waals surface area contributed by atoms with E-state index in [1.165, 1.54) is 22.6 Å². The molecule has 1 rings (SSSR count). The van der Waals surface area contributed by atoms with Crippen LogP contribution in [0.25, 0.3) is 0 Å². The van der Waals surface area contributed by atoms with Gasteiger partial charge >= 0.3 is 0 Å². The summed E-state index contributed by atoms with van der Waals surface area (Å²) in [6.45, 7) is 0. The van der Waals surface area contributed by atoms with Crippen LogP contribution >= 0.6 is 50.1 Å². The van der Waals surface area contributed by atoms with Crippen LogP contribution in [-0.4, -0.2) is 22.0 Å². The van der Waals surface area contributed by atoms with Crippen LogP contribution in [0.3, 0.4) is 0 Å². The maximum Gasteiger partial charge on any atom is 0.224 e. The first-order chi connectivity index (χ1) is 7.16. The Morgan fingerprint density at radius 1 is 1.44 bits per heavy atom. The Labute approximate surface area is 121 Å². The van der Waals surface area contributed by atoms with Crippen LogP contribution in [0.1, 0.15) is 11.7 Å². The van der Waals surface area contributed by atoms with Crippen LogP contribution in [0.5, 0.6) is 0 Å². The van der Waals surface area contributed by atoms with Gasteiger partial charge in [-0.2, -0.15) is 0 Å². The van der Waals surface area contributed by atoms with Gasteiger partial charge in [-0.15, -0.1) is 0 Å². The maximum absolute atomic E-state index is 11.4. The summed E-state index contributed by atoms with van der Waals surface area (Å²) in [5.41, 5.74) is 0.457. The second-order valence-corrected chi connectivity index (χ2v) is 10.3. The molecule has 0 heterocycles. The summed E-state index contributed by atoms with van der Waals surface area (Å²) in [5, 5.41) is 9.94. The third-order valence-corrected chi connectivity index (χ3v) is 7.78. The van der Waals surface area contributed by atoms with Gasteiger partial charge in [-0.1, -0.05) is 39.7 Å². The van der Waals surface area contributed by atoms with Gasteiger partial charge in [0.25, 0.3) is 0 Å². The number of rotatable bonds is 3. The number of aliphatic hydroxyl groups is 1. The topological polar surface area (TPSA) is 54.4 Å². The second kappa shape index (κ2) is 5.09. The van der Waals surface area contributed by atoms with E-state index in [0.29, 0.717) is 5.56 Å². The summed E-state index contributed by atoms with van der Waals surface area (Å²) in [6, 6.07) is 6.67. The van der Waals surface area contributed by atoms with E-state index < -0.39 is 18.2 Å². The Bertz CT molecular complexity index is 472. The summed E-state index contributed by atoms with van der Waals surface area (Å²) in [4.78, 5) is 0. The van der Waals surface area contributed by atoms with Gasteiger partial charge in [-0.05, 0) is 40.3 Å². The van der Waals surface area contributed by atoms with Crippen LogP contribution in [0.4, 0.5) is 0 Å². The van der Waals surface area contributed by atoms with Gasteiger partial charge in [0, 0.05) is 10.7 Å². The molecule has 0 saturated carbocycles. The molecule has 0 radical (unpaired) electrons. The van der Waals surface area contributed by atoms with Crippen molar-refractivity contribution in [3.63, 3.8) is 0 Å². The SMILES string of the molecule is CS(=O)(=O)[C@@](Cl)(I)[C@H](O)c1ccc(Br)cc1. The summed E-state index contributed by atoms with van der Waals surface area (Å²) in [7, 11) is -3.57. The molecule has 0 amide bonds. The summed E-state index contributed by atoms with van der Waals surface area (Å²) < 4.78 is 21.9. The molecule has 2 atom stereocenters. The Morgan fingerprint density at radius 2 is 1.88 bits per heavy atom. The predicted octanol–water partition coefficient (Wildman–Crippen LogP) is 2.85. The minimum Gasteiger partial charge on any atom is -0.385 e. The first kappa shape index (κ1) is 14.7. The number of aliphatic hydroxyl groups excluding tert-OH is 1. The minimum atomic E-state index is -3.57. The van der Waals surface area contributed by atoms with Crippen LogP contribution in [0.2, 0.25) is 0 Å². The molecule has 7 heteroatoms. The van der Waals surface area contributed by atoms with Crippen LogP contribution < -0.4 is 0 Å². The number of hydrogen-bond donors (Lipinski definition) is 1. The lowest BCUT2D eigenvalue weighted by Crippen LogP contribution is -2.31. The molecule has 0 aliphatic rings. The molecule has 1 N–H and O–H groups in total. The quantitative estimate of drug-likeness (QED) is 0.582. The average Bonchev–Trinajstić information content (AvgIpc) is 2.16. The Kier molecular flexibility index (Phi) is 4.68. The smallest absolute Gasteiger partial charge is 0.224 e. The van der Waals surface area contributed by atoms with Gasteiger partial charge in [-0.3, -0.25) is 0 Å². The van der Waals surface area contributed by atoms with E-state index in [9.17, 15) is 13.5 Å². The molecule has 0 unspecified atom stereocenters. The van der Waals surface area contributed by atoms with Crippen molar-refractivity contribution in [2.45, 2.75) is 8.32 Å². The highest BCUT2D eigenvalue weighted by atomic mass is 127. The van der Waals surface area contributed by atoms with Crippen molar-refractivity contribution in [2.75, 3.05) is 6.26 Å². The van der Waals surface area contributed by atoms with Crippen LogP contribution in [0.15, 0.2) is 28.7 Å². The van der Waals surface area contributed by atoms with E-state index in [0.717, 1.165) is 10.7 Å². The van der Waals surface area contributed by atoms with Gasteiger partial charge in [0.05, 0.1) is 0 Å². The van der Waals surface area contributed by atoms with Gasteiger partial charge in [0.2, 0.25) is 2.21 Å².